The number of hydrogen-bond acceptors (Lipinski definition) is 2. The molecule has 2 rings (SSSR count). The van der Waals surface area contributed by atoms with Gasteiger partial charge in [-0.3, -0.25) is 0 Å². The summed E-state index contributed by atoms with van der Waals surface area (Å²) in [6.45, 7) is 6.45. The zero-order valence-corrected chi connectivity index (χ0v) is 10.9. The van der Waals surface area contributed by atoms with E-state index in [1.165, 1.54) is 12.0 Å². The number of benzene rings is 1. The highest BCUT2D eigenvalue weighted by atomic mass is 16.5. The van der Waals surface area contributed by atoms with Gasteiger partial charge in [0.25, 0.3) is 0 Å². The fraction of sp³-hybridized carbons (Fsp3) is 0.600. The summed E-state index contributed by atoms with van der Waals surface area (Å²) >= 11 is 0. The van der Waals surface area contributed by atoms with Crippen molar-refractivity contribution >= 4 is 0 Å². The van der Waals surface area contributed by atoms with Gasteiger partial charge in [0.15, 0.2) is 0 Å². The third-order valence-electron chi connectivity index (χ3n) is 3.65. The largest absolute Gasteiger partial charge is 0.378 e. The summed E-state index contributed by atoms with van der Waals surface area (Å²) < 4.78 is 5.58. The fourth-order valence-electron chi connectivity index (χ4n) is 2.44. The topological polar surface area (TPSA) is 21.3 Å². The summed E-state index contributed by atoms with van der Waals surface area (Å²) in [6, 6.07) is 11.2. The molecule has 1 aliphatic rings. The Morgan fingerprint density at radius 1 is 1.35 bits per heavy atom. The van der Waals surface area contributed by atoms with Gasteiger partial charge >= 0.3 is 0 Å². The first kappa shape index (κ1) is 12.6. The first-order valence-electron chi connectivity index (χ1n) is 6.64. The van der Waals surface area contributed by atoms with Crippen molar-refractivity contribution in [2.24, 2.45) is 5.92 Å². The molecule has 0 radical (unpaired) electrons. The van der Waals surface area contributed by atoms with Gasteiger partial charge < -0.3 is 10.1 Å². The maximum Gasteiger partial charge on any atom is 0.0588 e. The van der Waals surface area contributed by atoms with E-state index in [4.69, 9.17) is 4.74 Å². The van der Waals surface area contributed by atoms with E-state index in [1.54, 1.807) is 0 Å². The Morgan fingerprint density at radius 3 is 2.76 bits per heavy atom. The van der Waals surface area contributed by atoms with Crippen LogP contribution in [0.4, 0.5) is 0 Å². The minimum Gasteiger partial charge on any atom is -0.378 e. The molecule has 0 saturated carbocycles. The average molecular weight is 233 g/mol. The molecule has 0 bridgehead atoms. The lowest BCUT2D eigenvalue weighted by molar-refractivity contribution is 0.105. The molecular formula is C15H23NO. The van der Waals surface area contributed by atoms with E-state index in [1.807, 2.05) is 0 Å². The lowest BCUT2D eigenvalue weighted by atomic mass is 10.0. The van der Waals surface area contributed by atoms with E-state index in [-0.39, 0.29) is 0 Å². The molecule has 1 aromatic carbocycles. The number of nitrogens with one attached hydrogen (secondary N) is 1. The van der Waals surface area contributed by atoms with Crippen molar-refractivity contribution in [2.75, 3.05) is 13.2 Å². The van der Waals surface area contributed by atoms with Crippen molar-refractivity contribution in [3.63, 3.8) is 0 Å². The van der Waals surface area contributed by atoms with Gasteiger partial charge in [0, 0.05) is 19.2 Å². The van der Waals surface area contributed by atoms with Crippen LogP contribution in [-0.2, 0) is 11.2 Å². The zero-order chi connectivity index (χ0) is 12.1. The molecule has 17 heavy (non-hydrogen) atoms. The van der Waals surface area contributed by atoms with Gasteiger partial charge in [-0.15, -0.1) is 0 Å². The Morgan fingerprint density at radius 2 is 2.12 bits per heavy atom. The third kappa shape index (κ3) is 3.83. The van der Waals surface area contributed by atoms with Crippen LogP contribution in [0.5, 0.6) is 0 Å². The summed E-state index contributed by atoms with van der Waals surface area (Å²) in [5.74, 6) is 0.688. The molecule has 94 valence electrons. The highest BCUT2D eigenvalue weighted by molar-refractivity contribution is 5.15. The Bertz CT molecular complexity index is 325. The predicted octanol–water partition coefficient (Wildman–Crippen LogP) is 2.63. The standard InChI is InChI=1S/C15H23NO/c1-12(10-14-6-4-3-5-7-14)16-11-15-8-9-17-13(15)2/h3-7,12-13,15-16H,8-11H2,1-2H3. The quantitative estimate of drug-likeness (QED) is 0.844. The lowest BCUT2D eigenvalue weighted by Crippen LogP contribution is -2.34. The van der Waals surface area contributed by atoms with E-state index in [2.05, 4.69) is 49.5 Å². The highest BCUT2D eigenvalue weighted by Crippen LogP contribution is 2.19. The molecule has 3 atom stereocenters. The number of ether oxygens (including phenoxy) is 1. The van der Waals surface area contributed by atoms with Crippen LogP contribution in [0.1, 0.15) is 25.8 Å². The van der Waals surface area contributed by atoms with Crippen molar-refractivity contribution in [2.45, 2.75) is 38.8 Å². The van der Waals surface area contributed by atoms with Gasteiger partial charge in [-0.25, -0.2) is 0 Å². The highest BCUT2D eigenvalue weighted by Gasteiger charge is 2.23. The molecule has 1 saturated heterocycles. The van der Waals surface area contributed by atoms with Gasteiger partial charge in [0.1, 0.15) is 0 Å². The molecule has 2 nitrogen and oxygen atoms in total. The lowest BCUT2D eigenvalue weighted by Gasteiger charge is -2.19. The van der Waals surface area contributed by atoms with Crippen LogP contribution in [0, 0.1) is 5.92 Å². The molecule has 0 aromatic heterocycles. The van der Waals surface area contributed by atoms with Crippen molar-refractivity contribution in [3.05, 3.63) is 35.9 Å². The van der Waals surface area contributed by atoms with Crippen molar-refractivity contribution in [1.82, 2.24) is 5.32 Å². The van der Waals surface area contributed by atoms with Gasteiger partial charge in [-0.2, -0.15) is 0 Å². The second-order valence-corrected chi connectivity index (χ2v) is 5.12. The van der Waals surface area contributed by atoms with E-state index in [9.17, 15) is 0 Å². The summed E-state index contributed by atoms with van der Waals surface area (Å²) in [6.07, 6.45) is 2.72. The van der Waals surface area contributed by atoms with E-state index in [0.717, 1.165) is 19.6 Å². The van der Waals surface area contributed by atoms with E-state index >= 15 is 0 Å². The molecule has 2 heteroatoms. The van der Waals surface area contributed by atoms with Crippen molar-refractivity contribution < 1.29 is 4.74 Å². The van der Waals surface area contributed by atoms with Crippen LogP contribution in [-0.4, -0.2) is 25.3 Å². The van der Waals surface area contributed by atoms with Crippen LogP contribution < -0.4 is 5.32 Å². The first-order valence-corrected chi connectivity index (χ1v) is 6.64. The van der Waals surface area contributed by atoms with Crippen molar-refractivity contribution in [3.8, 4) is 0 Å². The molecule has 0 aliphatic carbocycles. The Labute approximate surface area is 104 Å². The summed E-state index contributed by atoms with van der Waals surface area (Å²) in [5, 5.41) is 3.62. The Hall–Kier alpha value is -0.860. The third-order valence-corrected chi connectivity index (χ3v) is 3.65. The Balaban J connectivity index is 1.72. The fourth-order valence-corrected chi connectivity index (χ4v) is 2.44. The molecule has 1 N–H and O–H groups in total. The summed E-state index contributed by atoms with van der Waals surface area (Å²) in [4.78, 5) is 0. The van der Waals surface area contributed by atoms with Gasteiger partial charge in [-0.05, 0) is 38.2 Å². The molecule has 0 amide bonds. The monoisotopic (exact) mass is 233 g/mol. The summed E-state index contributed by atoms with van der Waals surface area (Å²) in [5.41, 5.74) is 1.41. The molecule has 3 unspecified atom stereocenters. The van der Waals surface area contributed by atoms with E-state index in [0.29, 0.717) is 18.1 Å². The zero-order valence-electron chi connectivity index (χ0n) is 10.9. The molecule has 1 aliphatic heterocycles. The predicted molar refractivity (Wildman–Crippen MR) is 71.1 cm³/mol. The minimum atomic E-state index is 0.423. The molecular weight excluding hydrogens is 210 g/mol. The van der Waals surface area contributed by atoms with Crippen LogP contribution >= 0.6 is 0 Å². The first-order chi connectivity index (χ1) is 8.25. The molecule has 1 fully saturated rings. The maximum absolute atomic E-state index is 5.58. The number of rotatable bonds is 5. The second kappa shape index (κ2) is 6.18. The van der Waals surface area contributed by atoms with Gasteiger partial charge in [-0.1, -0.05) is 30.3 Å². The van der Waals surface area contributed by atoms with Crippen LogP contribution in [0.3, 0.4) is 0 Å². The van der Waals surface area contributed by atoms with Gasteiger partial charge in [0.05, 0.1) is 6.10 Å². The second-order valence-electron chi connectivity index (χ2n) is 5.12. The molecule has 1 heterocycles. The molecule has 1 aromatic rings. The molecule has 0 spiro atoms. The van der Waals surface area contributed by atoms with Gasteiger partial charge in [0.2, 0.25) is 0 Å². The van der Waals surface area contributed by atoms with Crippen molar-refractivity contribution in [1.29, 1.82) is 0 Å². The summed E-state index contributed by atoms with van der Waals surface area (Å²) in [7, 11) is 0. The minimum absolute atomic E-state index is 0.423. The van der Waals surface area contributed by atoms with Crippen LogP contribution in [0.2, 0.25) is 0 Å². The van der Waals surface area contributed by atoms with Crippen LogP contribution in [0.25, 0.3) is 0 Å². The normalized spacial score (nSPS) is 26.0. The van der Waals surface area contributed by atoms with Crippen LogP contribution in [0.15, 0.2) is 30.3 Å². The maximum atomic E-state index is 5.58. The Kier molecular flexibility index (Phi) is 4.57. The van der Waals surface area contributed by atoms with E-state index < -0.39 is 0 Å². The average Bonchev–Trinajstić information content (AvgIpc) is 2.74. The SMILES string of the molecule is CC(Cc1ccccc1)NCC1CCOC1C. The smallest absolute Gasteiger partial charge is 0.0588 e. The number of hydrogen-bond donors (Lipinski definition) is 1.